The quantitative estimate of drug-likeness (QED) is 0.365. The van der Waals surface area contributed by atoms with E-state index in [1.54, 1.807) is 15.9 Å². The molecule has 0 saturated carbocycles. The number of carbonyl (C=O) groups is 1. The van der Waals surface area contributed by atoms with Gasteiger partial charge in [0.1, 0.15) is 6.04 Å². The van der Waals surface area contributed by atoms with Gasteiger partial charge in [-0.05, 0) is 48.3 Å². The second-order valence-corrected chi connectivity index (χ2v) is 8.56. The number of nitrogens with zero attached hydrogens (tertiary/aromatic N) is 3. The van der Waals surface area contributed by atoms with Gasteiger partial charge in [-0.3, -0.25) is 14.5 Å². The molecule has 0 saturated heterocycles. The number of aromatic nitrogens is 3. The van der Waals surface area contributed by atoms with Gasteiger partial charge in [0, 0.05) is 13.6 Å². The summed E-state index contributed by atoms with van der Waals surface area (Å²) in [5.74, 6) is 0.507. The second-order valence-electron chi connectivity index (χ2n) is 7.22. The minimum atomic E-state index is -0.532. The zero-order valence-corrected chi connectivity index (χ0v) is 18.9. The standard InChI is InChI=1S/C23H23N5OS2/c1-16(28-21(25-26-23(28)30)20-13-8-14-31-20)22(29)24-18-11-6-7-12-19(18)27(2)15-17-9-4-3-5-10-17/h3-14,16H,15H2,1-2H3,(H,24,29)(H,26,30). The van der Waals surface area contributed by atoms with Crippen LogP contribution in [0.1, 0.15) is 18.5 Å². The molecule has 1 atom stereocenters. The normalized spacial score (nSPS) is 11.8. The number of rotatable bonds is 7. The van der Waals surface area contributed by atoms with Crippen molar-refractivity contribution in [2.75, 3.05) is 17.3 Å². The molecule has 4 aromatic rings. The number of hydrogen-bond donors (Lipinski definition) is 2. The maximum absolute atomic E-state index is 13.2. The minimum absolute atomic E-state index is 0.157. The van der Waals surface area contributed by atoms with Crippen LogP contribution >= 0.6 is 23.6 Å². The van der Waals surface area contributed by atoms with Gasteiger partial charge in [-0.15, -0.1) is 11.3 Å². The van der Waals surface area contributed by atoms with E-state index in [1.807, 2.05) is 73.9 Å². The molecule has 0 radical (unpaired) electrons. The Kier molecular flexibility index (Phi) is 6.29. The van der Waals surface area contributed by atoms with Crippen molar-refractivity contribution in [1.29, 1.82) is 0 Å². The smallest absolute Gasteiger partial charge is 0.247 e. The number of carbonyl (C=O) groups excluding carboxylic acids is 1. The summed E-state index contributed by atoms with van der Waals surface area (Å²) < 4.78 is 2.17. The van der Waals surface area contributed by atoms with Gasteiger partial charge in [-0.1, -0.05) is 48.5 Å². The zero-order chi connectivity index (χ0) is 21.8. The third-order valence-electron chi connectivity index (χ3n) is 5.05. The highest BCUT2D eigenvalue weighted by Crippen LogP contribution is 2.29. The number of hydrogen-bond acceptors (Lipinski definition) is 5. The molecule has 2 aromatic carbocycles. The van der Waals surface area contributed by atoms with Gasteiger partial charge in [-0.2, -0.15) is 5.10 Å². The fraction of sp³-hybridized carbons (Fsp3) is 0.174. The highest BCUT2D eigenvalue weighted by molar-refractivity contribution is 7.71. The van der Waals surface area contributed by atoms with Gasteiger partial charge in [0.2, 0.25) is 5.91 Å². The molecule has 1 amide bonds. The monoisotopic (exact) mass is 449 g/mol. The number of nitrogens with one attached hydrogen (secondary N) is 2. The average Bonchev–Trinajstić information content (AvgIpc) is 3.44. The molecule has 2 heterocycles. The third kappa shape index (κ3) is 4.60. The zero-order valence-electron chi connectivity index (χ0n) is 17.3. The predicted molar refractivity (Wildman–Crippen MR) is 129 cm³/mol. The van der Waals surface area contributed by atoms with E-state index in [2.05, 4.69) is 32.5 Å². The van der Waals surface area contributed by atoms with E-state index in [4.69, 9.17) is 12.2 Å². The SMILES string of the molecule is CC(C(=O)Nc1ccccc1N(C)Cc1ccccc1)n1c(-c2cccs2)n[nH]c1=S. The molecule has 6 nitrogen and oxygen atoms in total. The molecule has 8 heteroatoms. The first-order valence-electron chi connectivity index (χ1n) is 9.90. The Labute approximate surface area is 190 Å². The topological polar surface area (TPSA) is 66.0 Å². The molecule has 0 aliphatic rings. The number of aromatic amines is 1. The number of anilines is 2. The van der Waals surface area contributed by atoms with Crippen LogP contribution in [0.15, 0.2) is 72.1 Å². The van der Waals surface area contributed by atoms with Crippen LogP contribution in [0.2, 0.25) is 0 Å². The van der Waals surface area contributed by atoms with E-state index >= 15 is 0 Å². The summed E-state index contributed by atoms with van der Waals surface area (Å²) in [6.45, 7) is 2.56. The lowest BCUT2D eigenvalue weighted by Gasteiger charge is -2.24. The first kappa shape index (κ1) is 21.0. The molecule has 1 unspecified atom stereocenters. The van der Waals surface area contributed by atoms with Crippen molar-refractivity contribution in [1.82, 2.24) is 14.8 Å². The van der Waals surface area contributed by atoms with Gasteiger partial charge in [0.25, 0.3) is 0 Å². The highest BCUT2D eigenvalue weighted by Gasteiger charge is 2.22. The Bertz CT molecular complexity index is 1210. The van der Waals surface area contributed by atoms with E-state index < -0.39 is 6.04 Å². The molecule has 0 aliphatic carbocycles. The van der Waals surface area contributed by atoms with Crippen molar-refractivity contribution in [3.63, 3.8) is 0 Å². The number of para-hydroxylation sites is 2. The summed E-state index contributed by atoms with van der Waals surface area (Å²) in [4.78, 5) is 16.3. The number of amides is 1. The fourth-order valence-electron chi connectivity index (χ4n) is 3.45. The van der Waals surface area contributed by atoms with Crippen LogP contribution in [0.4, 0.5) is 11.4 Å². The van der Waals surface area contributed by atoms with Crippen molar-refractivity contribution < 1.29 is 4.79 Å². The van der Waals surface area contributed by atoms with E-state index in [0.29, 0.717) is 10.6 Å². The molecule has 4 rings (SSSR count). The molecule has 31 heavy (non-hydrogen) atoms. The Balaban J connectivity index is 1.56. The number of H-pyrrole nitrogens is 1. The Morgan fingerprint density at radius 1 is 1.16 bits per heavy atom. The van der Waals surface area contributed by atoms with Gasteiger partial charge in [-0.25, -0.2) is 0 Å². The van der Waals surface area contributed by atoms with Crippen molar-refractivity contribution in [3.8, 4) is 10.7 Å². The lowest BCUT2D eigenvalue weighted by molar-refractivity contribution is -0.118. The highest BCUT2D eigenvalue weighted by atomic mass is 32.1. The summed E-state index contributed by atoms with van der Waals surface area (Å²) in [7, 11) is 2.02. The Morgan fingerprint density at radius 2 is 1.90 bits per heavy atom. The van der Waals surface area contributed by atoms with Crippen LogP contribution in [-0.4, -0.2) is 27.7 Å². The largest absolute Gasteiger partial charge is 0.369 e. The average molecular weight is 450 g/mol. The first-order valence-corrected chi connectivity index (χ1v) is 11.2. The maximum Gasteiger partial charge on any atom is 0.247 e. The molecule has 2 N–H and O–H groups in total. The molecular formula is C23H23N5OS2. The maximum atomic E-state index is 13.2. The fourth-order valence-corrected chi connectivity index (χ4v) is 4.45. The lowest BCUT2D eigenvalue weighted by Crippen LogP contribution is -2.26. The van der Waals surface area contributed by atoms with Crippen molar-refractivity contribution in [2.45, 2.75) is 19.5 Å². The summed E-state index contributed by atoms with van der Waals surface area (Å²) >= 11 is 6.96. The van der Waals surface area contributed by atoms with Gasteiger partial charge in [0.05, 0.1) is 16.3 Å². The molecule has 0 fully saturated rings. The van der Waals surface area contributed by atoms with Crippen molar-refractivity contribution in [2.24, 2.45) is 0 Å². The van der Waals surface area contributed by atoms with Crippen molar-refractivity contribution in [3.05, 3.63) is 82.4 Å². The van der Waals surface area contributed by atoms with E-state index in [-0.39, 0.29) is 5.91 Å². The number of thiophene rings is 1. The van der Waals surface area contributed by atoms with Crippen LogP contribution in [0.25, 0.3) is 10.7 Å². The summed E-state index contributed by atoms with van der Waals surface area (Å²) in [6.07, 6.45) is 0. The van der Waals surface area contributed by atoms with Crippen molar-refractivity contribution >= 4 is 40.8 Å². The van der Waals surface area contributed by atoms with Crippen LogP contribution < -0.4 is 10.2 Å². The minimum Gasteiger partial charge on any atom is -0.369 e. The predicted octanol–water partition coefficient (Wildman–Crippen LogP) is 5.51. The number of benzene rings is 2. The molecular weight excluding hydrogens is 426 g/mol. The summed E-state index contributed by atoms with van der Waals surface area (Å²) in [5.41, 5.74) is 2.90. The summed E-state index contributed by atoms with van der Waals surface area (Å²) in [6, 6.07) is 21.4. The van der Waals surface area contributed by atoms with Crippen LogP contribution in [0.3, 0.4) is 0 Å². The van der Waals surface area contributed by atoms with Gasteiger partial charge >= 0.3 is 0 Å². The van der Waals surface area contributed by atoms with Gasteiger partial charge in [0.15, 0.2) is 10.6 Å². The first-order chi connectivity index (χ1) is 15.0. The molecule has 158 valence electrons. The van der Waals surface area contributed by atoms with E-state index in [9.17, 15) is 4.79 Å². The van der Waals surface area contributed by atoms with E-state index in [1.165, 1.54) is 5.56 Å². The molecule has 2 aromatic heterocycles. The van der Waals surface area contributed by atoms with Gasteiger partial charge < -0.3 is 10.2 Å². The molecule has 0 aliphatic heterocycles. The molecule has 0 spiro atoms. The van der Waals surface area contributed by atoms with Crippen LogP contribution in [-0.2, 0) is 11.3 Å². The third-order valence-corrected chi connectivity index (χ3v) is 6.20. The van der Waals surface area contributed by atoms with Crippen LogP contribution in [0.5, 0.6) is 0 Å². The lowest BCUT2D eigenvalue weighted by atomic mass is 10.2. The second kappa shape index (κ2) is 9.28. The Morgan fingerprint density at radius 3 is 2.65 bits per heavy atom. The summed E-state index contributed by atoms with van der Waals surface area (Å²) in [5, 5.41) is 12.2. The molecule has 0 bridgehead atoms. The van der Waals surface area contributed by atoms with Crippen LogP contribution in [0, 0.1) is 4.77 Å². The Hall–Kier alpha value is -3.23. The van der Waals surface area contributed by atoms with E-state index in [0.717, 1.165) is 22.8 Å².